The van der Waals surface area contributed by atoms with Crippen LogP contribution in [0.25, 0.3) is 0 Å². The molecule has 1 fully saturated rings. The van der Waals surface area contributed by atoms with Crippen molar-refractivity contribution in [3.63, 3.8) is 0 Å². The highest BCUT2D eigenvalue weighted by atomic mass is 16.5. The average molecular weight is 262 g/mol. The van der Waals surface area contributed by atoms with Gasteiger partial charge in [0.1, 0.15) is 0 Å². The third-order valence-corrected chi connectivity index (χ3v) is 3.88. The van der Waals surface area contributed by atoms with Gasteiger partial charge in [-0.3, -0.25) is 4.90 Å². The first kappa shape index (κ1) is 14.5. The smallest absolute Gasteiger partial charge is 0.0594 e. The van der Waals surface area contributed by atoms with E-state index in [1.165, 1.54) is 12.0 Å². The number of ether oxygens (including phenoxy) is 1. The normalized spacial score (nSPS) is 20.1. The van der Waals surface area contributed by atoms with E-state index >= 15 is 0 Å². The van der Waals surface area contributed by atoms with E-state index in [0.29, 0.717) is 12.1 Å². The van der Waals surface area contributed by atoms with Gasteiger partial charge in [-0.2, -0.15) is 0 Å². The first-order valence-electron chi connectivity index (χ1n) is 7.43. The standard InChI is InChI=1S/C16H26N2O/c1-3-9-17-16(15-7-5-4-6-8-15)14(2)18-10-12-19-13-11-18/h4-8,14,16-17H,3,9-13H2,1-2H3. The lowest BCUT2D eigenvalue weighted by Gasteiger charge is -2.37. The van der Waals surface area contributed by atoms with Crippen LogP contribution in [-0.2, 0) is 4.74 Å². The van der Waals surface area contributed by atoms with Gasteiger partial charge in [-0.1, -0.05) is 37.3 Å². The summed E-state index contributed by atoms with van der Waals surface area (Å²) in [5, 5.41) is 3.70. The highest BCUT2D eigenvalue weighted by Gasteiger charge is 2.25. The Bertz CT molecular complexity index is 349. The van der Waals surface area contributed by atoms with Crippen molar-refractivity contribution in [2.75, 3.05) is 32.8 Å². The molecule has 1 N–H and O–H groups in total. The van der Waals surface area contributed by atoms with Gasteiger partial charge in [0.15, 0.2) is 0 Å². The Morgan fingerprint density at radius 3 is 2.53 bits per heavy atom. The molecule has 0 spiro atoms. The quantitative estimate of drug-likeness (QED) is 0.852. The maximum atomic E-state index is 5.45. The van der Waals surface area contributed by atoms with E-state index in [9.17, 15) is 0 Å². The zero-order chi connectivity index (χ0) is 13.5. The van der Waals surface area contributed by atoms with Crippen molar-refractivity contribution in [2.24, 2.45) is 0 Å². The lowest BCUT2D eigenvalue weighted by Crippen LogP contribution is -2.48. The first-order chi connectivity index (χ1) is 9.33. The Kier molecular flexibility index (Phi) is 5.83. The maximum absolute atomic E-state index is 5.45. The van der Waals surface area contributed by atoms with Crippen molar-refractivity contribution < 1.29 is 4.74 Å². The summed E-state index contributed by atoms with van der Waals surface area (Å²) in [5.41, 5.74) is 1.38. The number of benzene rings is 1. The summed E-state index contributed by atoms with van der Waals surface area (Å²) in [6, 6.07) is 11.7. The number of morpholine rings is 1. The van der Waals surface area contributed by atoms with Crippen molar-refractivity contribution in [3.8, 4) is 0 Å². The molecule has 19 heavy (non-hydrogen) atoms. The minimum absolute atomic E-state index is 0.402. The number of hydrogen-bond acceptors (Lipinski definition) is 3. The van der Waals surface area contributed by atoms with Crippen LogP contribution in [0.4, 0.5) is 0 Å². The first-order valence-corrected chi connectivity index (χ1v) is 7.43. The lowest BCUT2D eigenvalue weighted by atomic mass is 9.98. The second-order valence-corrected chi connectivity index (χ2v) is 5.23. The summed E-state index contributed by atoms with van der Waals surface area (Å²) in [6.07, 6.45) is 1.17. The van der Waals surface area contributed by atoms with Gasteiger partial charge in [-0.15, -0.1) is 0 Å². The van der Waals surface area contributed by atoms with Gasteiger partial charge >= 0.3 is 0 Å². The topological polar surface area (TPSA) is 24.5 Å². The SMILES string of the molecule is CCCNC(c1ccccc1)C(C)N1CCOCC1. The van der Waals surface area contributed by atoms with Gasteiger partial charge in [0, 0.05) is 25.2 Å². The molecule has 106 valence electrons. The Morgan fingerprint density at radius 1 is 1.21 bits per heavy atom. The third kappa shape index (κ3) is 4.03. The Labute approximate surface area is 116 Å². The fraction of sp³-hybridized carbons (Fsp3) is 0.625. The summed E-state index contributed by atoms with van der Waals surface area (Å²) in [4.78, 5) is 2.53. The number of nitrogens with one attached hydrogen (secondary N) is 1. The molecule has 1 aliphatic heterocycles. The van der Waals surface area contributed by atoms with Crippen LogP contribution in [-0.4, -0.2) is 43.8 Å². The largest absolute Gasteiger partial charge is 0.379 e. The van der Waals surface area contributed by atoms with Crippen molar-refractivity contribution in [2.45, 2.75) is 32.4 Å². The molecule has 0 radical (unpaired) electrons. The van der Waals surface area contributed by atoms with Gasteiger partial charge in [0.25, 0.3) is 0 Å². The molecule has 0 saturated carbocycles. The molecule has 0 aromatic heterocycles. The fourth-order valence-corrected chi connectivity index (χ4v) is 2.72. The number of nitrogens with zero attached hydrogens (tertiary/aromatic N) is 1. The molecule has 2 atom stereocenters. The molecule has 0 bridgehead atoms. The van der Waals surface area contributed by atoms with Gasteiger partial charge in [-0.25, -0.2) is 0 Å². The van der Waals surface area contributed by atoms with Gasteiger partial charge in [-0.05, 0) is 25.5 Å². The van der Waals surface area contributed by atoms with Gasteiger partial charge < -0.3 is 10.1 Å². The van der Waals surface area contributed by atoms with Gasteiger partial charge in [0.05, 0.1) is 13.2 Å². The van der Waals surface area contributed by atoms with Crippen LogP contribution in [0, 0.1) is 0 Å². The molecule has 1 aromatic rings. The monoisotopic (exact) mass is 262 g/mol. The molecular formula is C16H26N2O. The van der Waals surface area contributed by atoms with Crippen LogP contribution in [0.2, 0.25) is 0 Å². The third-order valence-electron chi connectivity index (χ3n) is 3.88. The molecule has 2 unspecified atom stereocenters. The average Bonchev–Trinajstić information content (AvgIpc) is 2.49. The lowest BCUT2D eigenvalue weighted by molar-refractivity contribution is 0.0120. The van der Waals surface area contributed by atoms with E-state index in [4.69, 9.17) is 4.74 Å². The van der Waals surface area contributed by atoms with Crippen LogP contribution < -0.4 is 5.32 Å². The van der Waals surface area contributed by atoms with Crippen LogP contribution >= 0.6 is 0 Å². The molecule has 1 aromatic carbocycles. The van der Waals surface area contributed by atoms with Crippen molar-refractivity contribution in [1.29, 1.82) is 0 Å². The van der Waals surface area contributed by atoms with Crippen LogP contribution in [0.3, 0.4) is 0 Å². The highest BCUT2D eigenvalue weighted by Crippen LogP contribution is 2.21. The zero-order valence-corrected chi connectivity index (χ0v) is 12.1. The molecule has 3 nitrogen and oxygen atoms in total. The van der Waals surface area contributed by atoms with E-state index in [0.717, 1.165) is 32.8 Å². The molecule has 1 saturated heterocycles. The highest BCUT2D eigenvalue weighted by molar-refractivity contribution is 5.20. The van der Waals surface area contributed by atoms with E-state index in [-0.39, 0.29) is 0 Å². The predicted octanol–water partition coefficient (Wildman–Crippen LogP) is 2.45. The molecule has 0 amide bonds. The van der Waals surface area contributed by atoms with E-state index < -0.39 is 0 Å². The van der Waals surface area contributed by atoms with Crippen molar-refractivity contribution in [3.05, 3.63) is 35.9 Å². The van der Waals surface area contributed by atoms with E-state index in [2.05, 4.69) is 54.4 Å². The second-order valence-electron chi connectivity index (χ2n) is 5.23. The Hall–Kier alpha value is -0.900. The molecule has 1 aliphatic rings. The van der Waals surface area contributed by atoms with Crippen LogP contribution in [0.1, 0.15) is 31.9 Å². The summed E-state index contributed by atoms with van der Waals surface area (Å²) >= 11 is 0. The number of hydrogen-bond donors (Lipinski definition) is 1. The maximum Gasteiger partial charge on any atom is 0.0594 e. The predicted molar refractivity (Wildman–Crippen MR) is 79.3 cm³/mol. The molecular weight excluding hydrogens is 236 g/mol. The molecule has 0 aliphatic carbocycles. The number of rotatable bonds is 6. The zero-order valence-electron chi connectivity index (χ0n) is 12.1. The van der Waals surface area contributed by atoms with Crippen molar-refractivity contribution in [1.82, 2.24) is 10.2 Å². The van der Waals surface area contributed by atoms with Gasteiger partial charge in [0.2, 0.25) is 0 Å². The Balaban J connectivity index is 2.07. The minimum atomic E-state index is 0.402. The minimum Gasteiger partial charge on any atom is -0.379 e. The van der Waals surface area contributed by atoms with Crippen LogP contribution in [0.15, 0.2) is 30.3 Å². The van der Waals surface area contributed by atoms with Crippen LogP contribution in [0.5, 0.6) is 0 Å². The molecule has 3 heteroatoms. The summed E-state index contributed by atoms with van der Waals surface area (Å²) < 4.78 is 5.45. The fourth-order valence-electron chi connectivity index (χ4n) is 2.72. The summed E-state index contributed by atoms with van der Waals surface area (Å²) in [6.45, 7) is 9.41. The molecule has 1 heterocycles. The van der Waals surface area contributed by atoms with E-state index in [1.54, 1.807) is 0 Å². The summed E-state index contributed by atoms with van der Waals surface area (Å²) in [7, 11) is 0. The summed E-state index contributed by atoms with van der Waals surface area (Å²) in [5.74, 6) is 0. The Morgan fingerprint density at radius 2 is 1.89 bits per heavy atom. The second kappa shape index (κ2) is 7.63. The molecule has 2 rings (SSSR count). The van der Waals surface area contributed by atoms with E-state index in [1.807, 2.05) is 0 Å². The van der Waals surface area contributed by atoms with Crippen molar-refractivity contribution >= 4 is 0 Å².